The number of Topliss-reactive ketones (excluding diaryl/α,β-unsaturated/α-hetero) is 1. The quantitative estimate of drug-likeness (QED) is 0.730. The van der Waals surface area contributed by atoms with Crippen LogP contribution in [0.1, 0.15) is 33.1 Å². The molecule has 0 aliphatic heterocycles. The molecule has 0 aromatic carbocycles. The lowest BCUT2D eigenvalue weighted by molar-refractivity contribution is -0.115. The Bertz CT molecular complexity index is 281. The van der Waals surface area contributed by atoms with Crippen molar-refractivity contribution >= 4 is 28.0 Å². The fourth-order valence-electron chi connectivity index (χ4n) is 1.70. The summed E-state index contributed by atoms with van der Waals surface area (Å²) in [5.41, 5.74) is 1.11. The van der Waals surface area contributed by atoms with E-state index in [9.17, 15) is 9.59 Å². The summed E-state index contributed by atoms with van der Waals surface area (Å²) in [6, 6.07) is 0. The minimum absolute atomic E-state index is 0.0107. The predicted molar refractivity (Wildman–Crippen MR) is 59.2 cm³/mol. The van der Waals surface area contributed by atoms with Crippen LogP contribution in [0, 0.1) is 11.8 Å². The molecule has 0 saturated carbocycles. The van der Waals surface area contributed by atoms with Gasteiger partial charge in [0.2, 0.25) is 0 Å². The molecule has 0 amide bonds. The van der Waals surface area contributed by atoms with Gasteiger partial charge in [-0.05, 0) is 40.3 Å². The first-order chi connectivity index (χ1) is 6.57. The van der Waals surface area contributed by atoms with Gasteiger partial charge in [-0.15, -0.1) is 0 Å². The van der Waals surface area contributed by atoms with Gasteiger partial charge in [-0.3, -0.25) is 4.79 Å². The maximum absolute atomic E-state index is 11.4. The molecule has 0 bridgehead atoms. The Morgan fingerprint density at radius 3 is 2.57 bits per heavy atom. The second-order valence-electron chi connectivity index (χ2n) is 3.90. The van der Waals surface area contributed by atoms with E-state index < -0.39 is 0 Å². The first-order valence-electron chi connectivity index (χ1n) is 4.95. The van der Waals surface area contributed by atoms with E-state index in [1.807, 2.05) is 13.8 Å². The first-order valence-corrected chi connectivity index (χ1v) is 5.74. The molecule has 0 unspecified atom stereocenters. The van der Waals surface area contributed by atoms with Crippen molar-refractivity contribution in [2.75, 3.05) is 0 Å². The molecule has 14 heavy (non-hydrogen) atoms. The van der Waals surface area contributed by atoms with Crippen molar-refractivity contribution in [3.63, 3.8) is 0 Å². The van der Waals surface area contributed by atoms with E-state index in [1.165, 1.54) is 0 Å². The van der Waals surface area contributed by atoms with Gasteiger partial charge in [0, 0.05) is 12.3 Å². The number of halogens is 1. The molecular weight excluding hydrogens is 244 g/mol. The van der Waals surface area contributed by atoms with E-state index in [0.29, 0.717) is 10.9 Å². The smallest absolute Gasteiger partial charge is 0.169 e. The summed E-state index contributed by atoms with van der Waals surface area (Å²) in [7, 11) is 0. The van der Waals surface area contributed by atoms with E-state index in [1.54, 1.807) is 0 Å². The topological polar surface area (TPSA) is 34.1 Å². The Morgan fingerprint density at radius 2 is 2.00 bits per heavy atom. The Labute approximate surface area is 92.9 Å². The summed E-state index contributed by atoms with van der Waals surface area (Å²) < 4.78 is 0.713. The minimum atomic E-state index is -0.0107. The number of rotatable bonds is 3. The third-order valence-corrected chi connectivity index (χ3v) is 3.88. The molecule has 2 atom stereocenters. The summed E-state index contributed by atoms with van der Waals surface area (Å²) >= 11 is 3.33. The average Bonchev–Trinajstić information content (AvgIpc) is 2.20. The average molecular weight is 259 g/mol. The lowest BCUT2D eigenvalue weighted by Crippen LogP contribution is -2.18. The largest absolute Gasteiger partial charge is 0.303 e. The molecule has 2 nitrogen and oxygen atoms in total. The fraction of sp³-hybridized carbons (Fsp3) is 0.636. The van der Waals surface area contributed by atoms with Gasteiger partial charge in [0.25, 0.3) is 0 Å². The summed E-state index contributed by atoms with van der Waals surface area (Å²) in [5, 5.41) is 0. The number of hydrogen-bond donors (Lipinski definition) is 0. The van der Waals surface area contributed by atoms with Crippen LogP contribution in [-0.4, -0.2) is 12.1 Å². The van der Waals surface area contributed by atoms with Crippen molar-refractivity contribution in [1.29, 1.82) is 0 Å². The number of aldehydes is 1. The number of carbonyl (C=O) groups excluding carboxylic acids is 2. The fourth-order valence-corrected chi connectivity index (χ4v) is 2.46. The van der Waals surface area contributed by atoms with E-state index in [4.69, 9.17) is 0 Å². The zero-order valence-corrected chi connectivity index (χ0v) is 10.1. The highest BCUT2D eigenvalue weighted by molar-refractivity contribution is 9.12. The van der Waals surface area contributed by atoms with E-state index >= 15 is 0 Å². The molecule has 0 aromatic rings. The first kappa shape index (κ1) is 11.6. The van der Waals surface area contributed by atoms with Crippen molar-refractivity contribution in [2.45, 2.75) is 33.1 Å². The molecular formula is C11H15BrO2. The van der Waals surface area contributed by atoms with Crippen molar-refractivity contribution in [3.05, 3.63) is 10.1 Å². The summed E-state index contributed by atoms with van der Waals surface area (Å²) in [6.45, 7) is 3.90. The van der Waals surface area contributed by atoms with Gasteiger partial charge < -0.3 is 4.79 Å². The predicted octanol–water partition coefficient (Wildman–Crippen LogP) is 2.86. The van der Waals surface area contributed by atoms with Crippen LogP contribution < -0.4 is 0 Å². The summed E-state index contributed by atoms with van der Waals surface area (Å²) in [4.78, 5) is 22.1. The number of carbonyl (C=O) groups is 2. The van der Waals surface area contributed by atoms with Crippen LogP contribution in [0.5, 0.6) is 0 Å². The number of ketones is 1. The van der Waals surface area contributed by atoms with Crippen LogP contribution in [0.3, 0.4) is 0 Å². The van der Waals surface area contributed by atoms with Gasteiger partial charge in [0.05, 0.1) is 4.48 Å². The second kappa shape index (κ2) is 4.87. The third-order valence-electron chi connectivity index (χ3n) is 2.93. The van der Waals surface area contributed by atoms with Gasteiger partial charge >= 0.3 is 0 Å². The molecule has 0 N–H and O–H groups in total. The third kappa shape index (κ3) is 2.32. The van der Waals surface area contributed by atoms with Gasteiger partial charge in [-0.1, -0.05) is 13.8 Å². The van der Waals surface area contributed by atoms with Crippen LogP contribution in [0.2, 0.25) is 0 Å². The van der Waals surface area contributed by atoms with Gasteiger partial charge in [-0.25, -0.2) is 0 Å². The molecule has 0 aromatic heterocycles. The molecule has 0 saturated heterocycles. The van der Waals surface area contributed by atoms with Gasteiger partial charge in [-0.2, -0.15) is 0 Å². The second-order valence-corrected chi connectivity index (χ2v) is 4.69. The van der Waals surface area contributed by atoms with Crippen LogP contribution >= 0.6 is 15.9 Å². The zero-order chi connectivity index (χ0) is 10.7. The van der Waals surface area contributed by atoms with Crippen LogP contribution in [0.4, 0.5) is 0 Å². The minimum Gasteiger partial charge on any atom is -0.303 e. The highest BCUT2D eigenvalue weighted by Crippen LogP contribution is 2.33. The molecule has 1 aliphatic carbocycles. The van der Waals surface area contributed by atoms with Crippen molar-refractivity contribution < 1.29 is 9.59 Å². The molecule has 3 heteroatoms. The van der Waals surface area contributed by atoms with E-state index in [0.717, 1.165) is 24.7 Å². The Balaban J connectivity index is 2.89. The molecule has 0 heterocycles. The highest BCUT2D eigenvalue weighted by Gasteiger charge is 2.24. The Hall–Kier alpha value is -0.440. The Kier molecular flexibility index (Phi) is 4.05. The molecule has 0 fully saturated rings. The maximum atomic E-state index is 11.4. The standard InChI is InChI=1S/C11H15BrO2/c1-7(6-13)8(2)9-4-3-5-10(14)11(9)12/h6-8H,3-5H2,1-2H3/t7-,8+/m1/s1. The summed E-state index contributed by atoms with van der Waals surface area (Å²) in [6.07, 6.45) is 3.44. The van der Waals surface area contributed by atoms with Crippen LogP contribution in [-0.2, 0) is 9.59 Å². The van der Waals surface area contributed by atoms with Crippen LogP contribution in [0.25, 0.3) is 0 Å². The molecule has 1 rings (SSSR count). The SMILES string of the molecule is C[C@H](C=O)[C@H](C)C1=C(Br)C(=O)CCC1. The molecule has 0 spiro atoms. The van der Waals surface area contributed by atoms with E-state index in [2.05, 4.69) is 15.9 Å². The monoisotopic (exact) mass is 258 g/mol. The lowest BCUT2D eigenvalue weighted by atomic mass is 9.83. The number of allylic oxidation sites excluding steroid dienone is 2. The van der Waals surface area contributed by atoms with Gasteiger partial charge in [0.15, 0.2) is 5.78 Å². The van der Waals surface area contributed by atoms with Crippen molar-refractivity contribution in [1.82, 2.24) is 0 Å². The molecule has 78 valence electrons. The van der Waals surface area contributed by atoms with E-state index in [-0.39, 0.29) is 17.6 Å². The highest BCUT2D eigenvalue weighted by atomic mass is 79.9. The lowest BCUT2D eigenvalue weighted by Gasteiger charge is -2.23. The number of hydrogen-bond acceptors (Lipinski definition) is 2. The molecule has 1 aliphatic rings. The maximum Gasteiger partial charge on any atom is 0.169 e. The summed E-state index contributed by atoms with van der Waals surface area (Å²) in [5.74, 6) is 0.339. The Morgan fingerprint density at radius 1 is 1.36 bits per heavy atom. The zero-order valence-electron chi connectivity index (χ0n) is 8.55. The van der Waals surface area contributed by atoms with Crippen molar-refractivity contribution in [3.8, 4) is 0 Å². The van der Waals surface area contributed by atoms with Crippen LogP contribution in [0.15, 0.2) is 10.1 Å². The van der Waals surface area contributed by atoms with Crippen molar-refractivity contribution in [2.24, 2.45) is 11.8 Å². The van der Waals surface area contributed by atoms with Gasteiger partial charge in [0.1, 0.15) is 6.29 Å². The molecule has 0 radical (unpaired) electrons. The normalized spacial score (nSPS) is 22.1.